The van der Waals surface area contributed by atoms with E-state index in [0.717, 1.165) is 70.6 Å². The molecular weight excluding hydrogens is 925 g/mol. The number of allylic oxidation sites excluding steroid dienone is 6. The van der Waals surface area contributed by atoms with E-state index in [-0.39, 0.29) is 31.1 Å². The van der Waals surface area contributed by atoms with Crippen molar-refractivity contribution in [2.45, 2.75) is 374 Å². The Balaban J connectivity index is 3.91. The van der Waals surface area contributed by atoms with Crippen LogP contribution in [0.3, 0.4) is 0 Å². The Morgan fingerprint density at radius 1 is 0.267 bits per heavy atom. The Morgan fingerprint density at radius 2 is 0.480 bits per heavy atom. The number of hydrogen-bond donors (Lipinski definition) is 0. The van der Waals surface area contributed by atoms with Crippen LogP contribution in [0.1, 0.15) is 367 Å². The van der Waals surface area contributed by atoms with E-state index < -0.39 is 6.10 Å². The van der Waals surface area contributed by atoms with E-state index >= 15 is 0 Å². The Bertz CT molecular complexity index is 1250. The molecule has 0 heterocycles. The second kappa shape index (κ2) is 64.2. The maximum atomic E-state index is 12.8. The molecule has 440 valence electrons. The highest BCUT2D eigenvalue weighted by Crippen LogP contribution is 2.18. The van der Waals surface area contributed by atoms with E-state index in [9.17, 15) is 14.4 Å². The number of unbranched alkanes of at least 4 members (excludes halogenated alkanes) is 45. The van der Waals surface area contributed by atoms with Crippen molar-refractivity contribution in [1.82, 2.24) is 0 Å². The fourth-order valence-corrected chi connectivity index (χ4v) is 10.1. The molecule has 6 heteroatoms. The first kappa shape index (κ1) is 72.6. The number of rotatable bonds is 62. The van der Waals surface area contributed by atoms with Crippen LogP contribution in [-0.2, 0) is 28.6 Å². The molecule has 0 N–H and O–H groups in total. The molecule has 1 unspecified atom stereocenters. The molecule has 0 aliphatic heterocycles. The highest BCUT2D eigenvalue weighted by Gasteiger charge is 2.19. The maximum absolute atomic E-state index is 12.8. The Kier molecular flexibility index (Phi) is 62.1. The molecule has 0 aromatic rings. The minimum atomic E-state index is -0.770. The van der Waals surface area contributed by atoms with Crippen molar-refractivity contribution in [1.29, 1.82) is 0 Å². The smallest absolute Gasteiger partial charge is 0.306 e. The van der Waals surface area contributed by atoms with Crippen LogP contribution >= 0.6 is 0 Å². The first-order valence-electron chi connectivity index (χ1n) is 33.5. The van der Waals surface area contributed by atoms with Crippen molar-refractivity contribution >= 4 is 17.9 Å². The molecule has 0 aromatic heterocycles. The van der Waals surface area contributed by atoms with Gasteiger partial charge >= 0.3 is 17.9 Å². The molecule has 0 bridgehead atoms. The number of carbonyl (C=O) groups excluding carboxylic acids is 3. The molecule has 0 aliphatic rings. The lowest BCUT2D eigenvalue weighted by atomic mass is 10.0. The average Bonchev–Trinajstić information content (AvgIpc) is 3.41. The van der Waals surface area contributed by atoms with Crippen molar-refractivity contribution in [3.05, 3.63) is 36.5 Å². The van der Waals surface area contributed by atoms with Crippen LogP contribution in [-0.4, -0.2) is 37.2 Å². The lowest BCUT2D eigenvalue weighted by Crippen LogP contribution is -2.30. The van der Waals surface area contributed by atoms with Gasteiger partial charge in [-0.05, 0) is 77.0 Å². The molecule has 0 fully saturated rings. The minimum Gasteiger partial charge on any atom is -0.462 e. The van der Waals surface area contributed by atoms with Crippen LogP contribution in [0.5, 0.6) is 0 Å². The largest absolute Gasteiger partial charge is 0.462 e. The van der Waals surface area contributed by atoms with E-state index in [1.807, 2.05) is 0 Å². The Labute approximate surface area is 467 Å². The third-order valence-electron chi connectivity index (χ3n) is 15.1. The quantitative estimate of drug-likeness (QED) is 0.0261. The van der Waals surface area contributed by atoms with Crippen LogP contribution in [0.15, 0.2) is 36.5 Å². The van der Waals surface area contributed by atoms with E-state index in [1.165, 1.54) is 257 Å². The van der Waals surface area contributed by atoms with Crippen LogP contribution in [0.2, 0.25) is 0 Å². The van der Waals surface area contributed by atoms with Gasteiger partial charge in [0.05, 0.1) is 0 Å². The van der Waals surface area contributed by atoms with Gasteiger partial charge < -0.3 is 14.2 Å². The summed E-state index contributed by atoms with van der Waals surface area (Å²) < 4.78 is 16.8. The number of hydrogen-bond acceptors (Lipinski definition) is 6. The first-order chi connectivity index (χ1) is 37.0. The highest BCUT2D eigenvalue weighted by atomic mass is 16.6. The zero-order valence-electron chi connectivity index (χ0n) is 50.6. The summed E-state index contributed by atoms with van der Waals surface area (Å²) in [5, 5.41) is 0. The molecule has 0 saturated heterocycles. The molecule has 6 nitrogen and oxygen atoms in total. The maximum Gasteiger partial charge on any atom is 0.306 e. The van der Waals surface area contributed by atoms with Crippen molar-refractivity contribution in [3.8, 4) is 0 Å². The number of ether oxygens (including phenoxy) is 3. The lowest BCUT2D eigenvalue weighted by molar-refractivity contribution is -0.167. The van der Waals surface area contributed by atoms with Gasteiger partial charge in [0.25, 0.3) is 0 Å². The average molecular weight is 1050 g/mol. The van der Waals surface area contributed by atoms with Crippen molar-refractivity contribution in [2.24, 2.45) is 0 Å². The highest BCUT2D eigenvalue weighted by molar-refractivity contribution is 5.71. The van der Waals surface area contributed by atoms with Crippen LogP contribution < -0.4 is 0 Å². The summed E-state index contributed by atoms with van der Waals surface area (Å²) in [6, 6.07) is 0. The molecule has 0 saturated carbocycles. The molecule has 0 amide bonds. The summed E-state index contributed by atoms with van der Waals surface area (Å²) in [6.45, 7) is 6.62. The van der Waals surface area contributed by atoms with Crippen molar-refractivity contribution < 1.29 is 28.6 Å². The van der Waals surface area contributed by atoms with Gasteiger partial charge in [-0.15, -0.1) is 0 Å². The Hall–Kier alpha value is -2.37. The first-order valence-corrected chi connectivity index (χ1v) is 33.5. The zero-order valence-corrected chi connectivity index (χ0v) is 50.6. The zero-order chi connectivity index (χ0) is 54.3. The summed E-state index contributed by atoms with van der Waals surface area (Å²) in [4.78, 5) is 38.0. The minimum absolute atomic E-state index is 0.0702. The fraction of sp³-hybridized carbons (Fsp3) is 0.870. The normalized spacial score (nSPS) is 12.2. The van der Waals surface area contributed by atoms with Crippen LogP contribution in [0, 0.1) is 0 Å². The summed E-state index contributed by atoms with van der Waals surface area (Å²) in [5.74, 6) is -0.865. The molecule has 1 atom stereocenters. The number of carbonyl (C=O) groups is 3. The molecule has 0 aliphatic carbocycles. The van der Waals surface area contributed by atoms with Gasteiger partial charge in [-0.1, -0.05) is 308 Å². The van der Waals surface area contributed by atoms with Gasteiger partial charge in [-0.2, -0.15) is 0 Å². The molecule has 75 heavy (non-hydrogen) atoms. The van der Waals surface area contributed by atoms with E-state index in [4.69, 9.17) is 14.2 Å². The molecule has 0 radical (unpaired) electrons. The van der Waals surface area contributed by atoms with E-state index in [2.05, 4.69) is 57.2 Å². The predicted octanol–water partition coefficient (Wildman–Crippen LogP) is 22.8. The van der Waals surface area contributed by atoms with Gasteiger partial charge in [0.2, 0.25) is 0 Å². The second-order valence-electron chi connectivity index (χ2n) is 22.7. The van der Waals surface area contributed by atoms with Gasteiger partial charge in [-0.25, -0.2) is 0 Å². The summed E-state index contributed by atoms with van der Waals surface area (Å²) >= 11 is 0. The van der Waals surface area contributed by atoms with E-state index in [0.29, 0.717) is 19.3 Å². The van der Waals surface area contributed by atoms with Gasteiger partial charge in [0, 0.05) is 19.3 Å². The van der Waals surface area contributed by atoms with Crippen LogP contribution in [0.4, 0.5) is 0 Å². The van der Waals surface area contributed by atoms with Crippen molar-refractivity contribution in [2.75, 3.05) is 13.2 Å². The van der Waals surface area contributed by atoms with Gasteiger partial charge in [0.15, 0.2) is 6.10 Å². The van der Waals surface area contributed by atoms with Crippen LogP contribution in [0.25, 0.3) is 0 Å². The van der Waals surface area contributed by atoms with E-state index in [1.54, 1.807) is 0 Å². The second-order valence-corrected chi connectivity index (χ2v) is 22.7. The lowest BCUT2D eigenvalue weighted by Gasteiger charge is -2.18. The van der Waals surface area contributed by atoms with Gasteiger partial charge in [-0.3, -0.25) is 14.4 Å². The van der Waals surface area contributed by atoms with Gasteiger partial charge in [0.1, 0.15) is 13.2 Å². The Morgan fingerprint density at radius 3 is 0.747 bits per heavy atom. The molecular formula is C69H128O6. The SMILES string of the molecule is CCCCCCC/C=C\C/C=C\CCCCCCCCCCCCCCCCCCCCCCCCCC(=O)OCC(COC(=O)CCCCCCCCC)OC(=O)CCCCCCC/C=C\CCCCCCCC. The standard InChI is InChI=1S/C69H128O6/c1-4-7-10-13-16-18-20-22-24-25-26-27-28-29-30-31-32-33-34-35-36-37-38-39-40-41-42-43-45-46-48-50-53-56-59-62-68(71)74-65-66(64-73-67(70)61-58-55-52-15-12-9-6-3)75-69(72)63-60-57-54-51-49-47-44-23-21-19-17-14-11-8-5-2/h20,22-23,25-26,44,66H,4-19,21,24,27-43,45-65H2,1-3H3/b22-20-,26-25-,44-23-. The summed E-state index contributed by atoms with van der Waals surface area (Å²) in [6.07, 6.45) is 79.3. The molecule has 0 rings (SSSR count). The summed E-state index contributed by atoms with van der Waals surface area (Å²) in [5.41, 5.74) is 0. The summed E-state index contributed by atoms with van der Waals surface area (Å²) in [7, 11) is 0. The van der Waals surface area contributed by atoms with Crippen molar-refractivity contribution in [3.63, 3.8) is 0 Å². The predicted molar refractivity (Wildman–Crippen MR) is 326 cm³/mol. The fourth-order valence-electron chi connectivity index (χ4n) is 10.1. The number of esters is 3. The monoisotopic (exact) mass is 1050 g/mol. The molecule has 0 spiro atoms. The molecule has 0 aromatic carbocycles. The third kappa shape index (κ3) is 62.4. The third-order valence-corrected chi connectivity index (χ3v) is 15.1. The topological polar surface area (TPSA) is 78.9 Å².